The molecule has 1 aliphatic heterocycles. The smallest absolute Gasteiger partial charge is 0.276 e. The fourth-order valence-electron chi connectivity index (χ4n) is 3.85. The number of benzene rings is 2. The van der Waals surface area contributed by atoms with Crippen molar-refractivity contribution in [3.63, 3.8) is 0 Å². The molecule has 1 aromatic heterocycles. The Morgan fingerprint density at radius 3 is 2.45 bits per heavy atom. The largest absolute Gasteiger partial charge is 0.489 e. The van der Waals surface area contributed by atoms with Gasteiger partial charge in [-0.2, -0.15) is 0 Å². The van der Waals surface area contributed by atoms with Crippen LogP contribution >= 0.6 is 0 Å². The van der Waals surface area contributed by atoms with Crippen molar-refractivity contribution in [1.29, 1.82) is 0 Å². The molecule has 2 aromatic carbocycles. The third-order valence-electron chi connectivity index (χ3n) is 5.74. The highest BCUT2D eigenvalue weighted by Crippen LogP contribution is 2.20. The molecule has 1 saturated heterocycles. The third-order valence-corrected chi connectivity index (χ3v) is 5.74. The van der Waals surface area contributed by atoms with Crippen LogP contribution < -0.4 is 4.74 Å². The van der Waals surface area contributed by atoms with E-state index < -0.39 is 0 Å². The van der Waals surface area contributed by atoms with Gasteiger partial charge in [-0.25, -0.2) is 0 Å². The molecule has 3 aromatic rings. The van der Waals surface area contributed by atoms with Crippen LogP contribution in [0.4, 0.5) is 0 Å². The summed E-state index contributed by atoms with van der Waals surface area (Å²) in [5.41, 5.74) is 4.82. The van der Waals surface area contributed by atoms with Gasteiger partial charge >= 0.3 is 0 Å². The summed E-state index contributed by atoms with van der Waals surface area (Å²) < 4.78 is 11.2. The molecule has 1 aliphatic rings. The molecule has 6 heteroatoms. The van der Waals surface area contributed by atoms with Crippen LogP contribution in [0.2, 0.25) is 0 Å². The second-order valence-electron chi connectivity index (χ2n) is 8.23. The number of nitrogens with zero attached hydrogens (tertiary/aromatic N) is 3. The van der Waals surface area contributed by atoms with E-state index in [2.05, 4.69) is 41.2 Å². The summed E-state index contributed by atoms with van der Waals surface area (Å²) in [6.07, 6.45) is 0. The Morgan fingerprint density at radius 1 is 1.00 bits per heavy atom. The summed E-state index contributed by atoms with van der Waals surface area (Å²) in [4.78, 5) is 17.4. The number of aryl methyl sites for hydroxylation is 3. The summed E-state index contributed by atoms with van der Waals surface area (Å²) in [6, 6.07) is 16.4. The number of hydrogen-bond acceptors (Lipinski definition) is 5. The zero-order chi connectivity index (χ0) is 21.8. The molecule has 1 fully saturated rings. The second kappa shape index (κ2) is 9.35. The van der Waals surface area contributed by atoms with E-state index >= 15 is 0 Å². The summed E-state index contributed by atoms with van der Waals surface area (Å²) in [5.74, 6) is 1.29. The molecule has 0 bridgehead atoms. The maximum atomic E-state index is 13.1. The Kier molecular flexibility index (Phi) is 6.37. The van der Waals surface area contributed by atoms with Crippen LogP contribution in [-0.4, -0.2) is 47.0 Å². The Labute approximate surface area is 183 Å². The Bertz CT molecular complexity index is 1030. The Hall–Kier alpha value is -3.12. The maximum absolute atomic E-state index is 13.1. The first-order valence-corrected chi connectivity index (χ1v) is 10.7. The van der Waals surface area contributed by atoms with Crippen molar-refractivity contribution in [2.45, 2.75) is 33.9 Å². The van der Waals surface area contributed by atoms with Gasteiger partial charge < -0.3 is 14.2 Å². The average Bonchev–Trinajstić information content (AvgIpc) is 3.14. The molecule has 6 nitrogen and oxygen atoms in total. The van der Waals surface area contributed by atoms with Gasteiger partial charge in [0.1, 0.15) is 18.1 Å². The van der Waals surface area contributed by atoms with E-state index in [-0.39, 0.29) is 12.5 Å². The molecule has 1 amide bonds. The summed E-state index contributed by atoms with van der Waals surface area (Å²) >= 11 is 0. The van der Waals surface area contributed by atoms with E-state index in [4.69, 9.17) is 9.26 Å². The van der Waals surface area contributed by atoms with Gasteiger partial charge in [0.25, 0.3) is 5.91 Å². The first kappa shape index (κ1) is 21.1. The van der Waals surface area contributed by atoms with E-state index in [1.807, 2.05) is 43.0 Å². The second-order valence-corrected chi connectivity index (χ2v) is 8.23. The van der Waals surface area contributed by atoms with Gasteiger partial charge in [-0.05, 0) is 38.5 Å². The first-order chi connectivity index (χ1) is 15.0. The number of carbonyl (C=O) groups is 1. The van der Waals surface area contributed by atoms with Crippen LogP contribution in [0.1, 0.15) is 38.5 Å². The lowest BCUT2D eigenvalue weighted by molar-refractivity contribution is 0.0616. The lowest BCUT2D eigenvalue weighted by atomic mass is 10.1. The molecule has 0 spiro atoms. The van der Waals surface area contributed by atoms with Gasteiger partial charge in [0.15, 0.2) is 5.69 Å². The van der Waals surface area contributed by atoms with E-state index in [0.29, 0.717) is 30.1 Å². The number of ether oxygens (including phenoxy) is 1. The van der Waals surface area contributed by atoms with Crippen LogP contribution in [0.5, 0.6) is 5.75 Å². The summed E-state index contributed by atoms with van der Waals surface area (Å²) in [7, 11) is 0. The van der Waals surface area contributed by atoms with Crippen molar-refractivity contribution in [1.82, 2.24) is 15.0 Å². The van der Waals surface area contributed by atoms with Gasteiger partial charge in [0.05, 0.1) is 5.56 Å². The molecule has 0 radical (unpaired) electrons. The van der Waals surface area contributed by atoms with Gasteiger partial charge in [-0.3, -0.25) is 9.69 Å². The topological polar surface area (TPSA) is 58.8 Å². The Balaban J connectivity index is 1.36. The fourth-order valence-corrected chi connectivity index (χ4v) is 3.85. The quantitative estimate of drug-likeness (QED) is 0.601. The van der Waals surface area contributed by atoms with Crippen molar-refractivity contribution in [3.8, 4) is 5.75 Å². The van der Waals surface area contributed by atoms with Gasteiger partial charge in [-0.15, -0.1) is 0 Å². The van der Waals surface area contributed by atoms with Crippen LogP contribution in [0.25, 0.3) is 0 Å². The van der Waals surface area contributed by atoms with E-state index in [1.54, 1.807) is 0 Å². The zero-order valence-electron chi connectivity index (χ0n) is 18.4. The predicted molar refractivity (Wildman–Crippen MR) is 119 cm³/mol. The highest BCUT2D eigenvalue weighted by Gasteiger charge is 2.28. The number of rotatable bonds is 6. The molecular formula is C25H29N3O3. The molecule has 0 aliphatic carbocycles. The van der Waals surface area contributed by atoms with Crippen LogP contribution in [0, 0.1) is 20.8 Å². The van der Waals surface area contributed by atoms with Crippen LogP contribution in [0.3, 0.4) is 0 Å². The lowest BCUT2D eigenvalue weighted by Crippen LogP contribution is -2.48. The van der Waals surface area contributed by atoms with Gasteiger partial charge in [0, 0.05) is 32.7 Å². The number of amides is 1. The number of hydrogen-bond donors (Lipinski definition) is 0. The molecule has 0 unspecified atom stereocenters. The van der Waals surface area contributed by atoms with E-state index in [9.17, 15) is 4.79 Å². The van der Waals surface area contributed by atoms with Crippen LogP contribution in [0.15, 0.2) is 53.1 Å². The minimum Gasteiger partial charge on any atom is -0.489 e. The molecule has 31 heavy (non-hydrogen) atoms. The van der Waals surface area contributed by atoms with Gasteiger partial charge in [-0.1, -0.05) is 52.7 Å². The molecule has 2 heterocycles. The minimum atomic E-state index is -0.0884. The average molecular weight is 420 g/mol. The third kappa shape index (κ3) is 5.14. The Morgan fingerprint density at radius 2 is 1.74 bits per heavy atom. The monoisotopic (exact) mass is 419 g/mol. The standard InChI is InChI=1S/C25H29N3O3/c1-18-7-9-22(10-8-18)30-17-23-20(3)31-26-24(23)25(29)28-13-11-27(12-14-28)16-21-6-4-5-19(2)15-21/h4-10,15H,11-14,16-17H2,1-3H3. The first-order valence-electron chi connectivity index (χ1n) is 10.7. The highest BCUT2D eigenvalue weighted by molar-refractivity contribution is 5.93. The number of carbonyl (C=O) groups excluding carboxylic acids is 1. The van der Waals surface area contributed by atoms with Crippen molar-refractivity contribution in [2.24, 2.45) is 0 Å². The van der Waals surface area contributed by atoms with Gasteiger partial charge in [0.2, 0.25) is 0 Å². The minimum absolute atomic E-state index is 0.0884. The number of piperazine rings is 1. The van der Waals surface area contributed by atoms with Crippen molar-refractivity contribution in [3.05, 3.63) is 82.2 Å². The normalized spacial score (nSPS) is 14.6. The molecule has 162 valence electrons. The van der Waals surface area contributed by atoms with E-state index in [0.717, 1.165) is 25.4 Å². The van der Waals surface area contributed by atoms with Crippen molar-refractivity contribution >= 4 is 5.91 Å². The zero-order valence-corrected chi connectivity index (χ0v) is 18.4. The highest BCUT2D eigenvalue weighted by atomic mass is 16.5. The van der Waals surface area contributed by atoms with Crippen molar-refractivity contribution < 1.29 is 14.1 Å². The van der Waals surface area contributed by atoms with E-state index in [1.165, 1.54) is 16.7 Å². The fraction of sp³-hybridized carbons (Fsp3) is 0.360. The molecule has 4 rings (SSSR count). The SMILES string of the molecule is Cc1ccc(OCc2c(C(=O)N3CCN(Cc4cccc(C)c4)CC3)noc2C)cc1. The molecular weight excluding hydrogens is 390 g/mol. The van der Waals surface area contributed by atoms with Crippen molar-refractivity contribution in [2.75, 3.05) is 26.2 Å². The predicted octanol–water partition coefficient (Wildman–Crippen LogP) is 4.14. The molecule has 0 N–H and O–H groups in total. The maximum Gasteiger partial charge on any atom is 0.276 e. The summed E-state index contributed by atoms with van der Waals surface area (Å²) in [6.45, 7) is 10.2. The summed E-state index contributed by atoms with van der Waals surface area (Å²) in [5, 5.41) is 4.05. The van der Waals surface area contributed by atoms with Crippen LogP contribution in [-0.2, 0) is 13.2 Å². The number of aromatic nitrogens is 1. The lowest BCUT2D eigenvalue weighted by Gasteiger charge is -2.34. The molecule has 0 saturated carbocycles. The molecule has 0 atom stereocenters.